The molecule has 10 heteroatoms. The summed E-state index contributed by atoms with van der Waals surface area (Å²) in [5.74, 6) is -4.43. The lowest BCUT2D eigenvalue weighted by Crippen LogP contribution is -2.22. The standard InChI is InChI=1S/C9H7F5N4O/c10-5-1-2-6(19-9(12,13)14)4(7(5)11)3-17-18-8(15)16/h1-3H,(H4,15,16,18). The normalized spacial score (nSPS) is 11.6. The molecule has 1 rings (SSSR count). The fourth-order valence-corrected chi connectivity index (χ4v) is 1.04. The van der Waals surface area contributed by atoms with Gasteiger partial charge < -0.3 is 16.2 Å². The van der Waals surface area contributed by atoms with Crippen LogP contribution in [0.4, 0.5) is 22.0 Å². The molecule has 0 fully saturated rings. The molecule has 0 aliphatic heterocycles. The Bertz CT molecular complexity index is 522. The molecule has 0 aliphatic carbocycles. The predicted octanol–water partition coefficient (Wildman–Crippen LogP) is 1.47. The molecule has 0 unspecified atom stereocenters. The predicted molar refractivity (Wildman–Crippen MR) is 56.4 cm³/mol. The lowest BCUT2D eigenvalue weighted by atomic mass is 10.2. The molecule has 0 bridgehead atoms. The van der Waals surface area contributed by atoms with E-state index in [1.165, 1.54) is 0 Å². The van der Waals surface area contributed by atoms with E-state index in [1.807, 2.05) is 0 Å². The van der Waals surface area contributed by atoms with E-state index in [9.17, 15) is 22.0 Å². The lowest BCUT2D eigenvalue weighted by Gasteiger charge is -2.11. The molecular formula is C9H7F5N4O. The first-order valence-corrected chi connectivity index (χ1v) is 4.56. The number of ether oxygens (including phenoxy) is 1. The van der Waals surface area contributed by atoms with Gasteiger partial charge in [0.05, 0.1) is 11.8 Å². The van der Waals surface area contributed by atoms with E-state index >= 15 is 0 Å². The van der Waals surface area contributed by atoms with Crippen LogP contribution in [0.25, 0.3) is 0 Å². The number of alkyl halides is 3. The Morgan fingerprint density at radius 2 is 1.84 bits per heavy atom. The highest BCUT2D eigenvalue weighted by atomic mass is 19.4. The fraction of sp³-hybridized carbons (Fsp3) is 0.111. The number of nitrogens with two attached hydrogens (primary N) is 2. The summed E-state index contributed by atoms with van der Waals surface area (Å²) in [5.41, 5.74) is 8.93. The van der Waals surface area contributed by atoms with Gasteiger partial charge in [0.1, 0.15) is 5.75 Å². The molecule has 0 saturated carbocycles. The zero-order chi connectivity index (χ0) is 14.6. The molecule has 1 aromatic carbocycles. The third-order valence-electron chi connectivity index (χ3n) is 1.68. The third kappa shape index (κ3) is 4.41. The van der Waals surface area contributed by atoms with Crippen molar-refractivity contribution < 1.29 is 26.7 Å². The fourth-order valence-electron chi connectivity index (χ4n) is 1.04. The Hall–Kier alpha value is -2.39. The quantitative estimate of drug-likeness (QED) is 0.381. The van der Waals surface area contributed by atoms with E-state index in [4.69, 9.17) is 11.5 Å². The van der Waals surface area contributed by atoms with Gasteiger partial charge in [-0.3, -0.25) is 0 Å². The first-order valence-electron chi connectivity index (χ1n) is 4.56. The van der Waals surface area contributed by atoms with Crippen LogP contribution in [0.1, 0.15) is 5.56 Å². The van der Waals surface area contributed by atoms with Crippen molar-refractivity contribution in [2.45, 2.75) is 6.36 Å². The van der Waals surface area contributed by atoms with Crippen molar-refractivity contribution in [3.8, 4) is 5.75 Å². The van der Waals surface area contributed by atoms with Crippen molar-refractivity contribution in [2.75, 3.05) is 0 Å². The Balaban J connectivity index is 3.21. The van der Waals surface area contributed by atoms with Gasteiger partial charge in [-0.05, 0) is 12.1 Å². The lowest BCUT2D eigenvalue weighted by molar-refractivity contribution is -0.274. The highest BCUT2D eigenvalue weighted by Crippen LogP contribution is 2.28. The number of guanidine groups is 1. The summed E-state index contributed by atoms with van der Waals surface area (Å²) in [5, 5.41) is 6.14. The number of hydrogen-bond acceptors (Lipinski definition) is 3. The number of halogens is 5. The van der Waals surface area contributed by atoms with Crippen LogP contribution in [0.3, 0.4) is 0 Å². The SMILES string of the molecule is NC(N)=NN=Cc1c(OC(F)(F)F)ccc(F)c1F. The van der Waals surface area contributed by atoms with Crippen molar-refractivity contribution in [3.63, 3.8) is 0 Å². The Kier molecular flexibility index (Phi) is 4.25. The molecule has 19 heavy (non-hydrogen) atoms. The van der Waals surface area contributed by atoms with E-state index in [0.29, 0.717) is 18.3 Å². The van der Waals surface area contributed by atoms with Crippen LogP contribution in [-0.4, -0.2) is 18.5 Å². The molecule has 5 nitrogen and oxygen atoms in total. The maximum atomic E-state index is 13.3. The van der Waals surface area contributed by atoms with Gasteiger partial charge in [0.2, 0.25) is 5.96 Å². The molecule has 0 atom stereocenters. The van der Waals surface area contributed by atoms with E-state index < -0.39 is 35.3 Å². The smallest absolute Gasteiger partial charge is 0.405 e. The summed E-state index contributed by atoms with van der Waals surface area (Å²) in [6, 6.07) is 1.08. The average Bonchev–Trinajstić information content (AvgIpc) is 2.25. The zero-order valence-electron chi connectivity index (χ0n) is 9.08. The summed E-state index contributed by atoms with van der Waals surface area (Å²) in [6.45, 7) is 0. The van der Waals surface area contributed by atoms with Gasteiger partial charge in [-0.15, -0.1) is 18.3 Å². The van der Waals surface area contributed by atoms with Gasteiger partial charge in [-0.25, -0.2) is 8.78 Å². The molecule has 0 aliphatic rings. The number of nitrogens with zero attached hydrogens (tertiary/aromatic N) is 2. The van der Waals surface area contributed by atoms with E-state index in [0.717, 1.165) is 0 Å². The van der Waals surface area contributed by atoms with Crippen LogP contribution in [0.5, 0.6) is 5.75 Å². The van der Waals surface area contributed by atoms with E-state index in [1.54, 1.807) is 0 Å². The van der Waals surface area contributed by atoms with Crippen molar-refractivity contribution in [2.24, 2.45) is 21.7 Å². The first kappa shape index (κ1) is 14.7. The van der Waals surface area contributed by atoms with Gasteiger partial charge >= 0.3 is 6.36 Å². The Morgan fingerprint density at radius 1 is 1.21 bits per heavy atom. The maximum Gasteiger partial charge on any atom is 0.573 e. The zero-order valence-corrected chi connectivity index (χ0v) is 9.08. The monoisotopic (exact) mass is 282 g/mol. The molecular weight excluding hydrogens is 275 g/mol. The van der Waals surface area contributed by atoms with Gasteiger partial charge in [0.25, 0.3) is 0 Å². The summed E-state index contributed by atoms with van der Waals surface area (Å²) in [4.78, 5) is 0. The molecule has 0 spiro atoms. The van der Waals surface area contributed by atoms with E-state index in [-0.39, 0.29) is 0 Å². The summed E-state index contributed by atoms with van der Waals surface area (Å²) in [7, 11) is 0. The highest BCUT2D eigenvalue weighted by Gasteiger charge is 2.32. The number of rotatable bonds is 3. The van der Waals surface area contributed by atoms with Gasteiger partial charge in [0, 0.05) is 0 Å². The summed E-state index contributed by atoms with van der Waals surface area (Å²) >= 11 is 0. The second kappa shape index (κ2) is 5.50. The molecule has 0 amide bonds. The first-order chi connectivity index (χ1) is 8.70. The highest BCUT2D eigenvalue weighted by molar-refractivity contribution is 5.85. The molecule has 104 valence electrons. The van der Waals surface area contributed by atoms with Crippen molar-refractivity contribution in [1.82, 2.24) is 0 Å². The minimum Gasteiger partial charge on any atom is -0.405 e. The molecule has 1 aromatic rings. The largest absolute Gasteiger partial charge is 0.573 e. The van der Waals surface area contributed by atoms with Crippen LogP contribution in [0.2, 0.25) is 0 Å². The second-order valence-electron chi connectivity index (χ2n) is 3.09. The molecule has 0 heterocycles. The average molecular weight is 282 g/mol. The molecule has 4 N–H and O–H groups in total. The van der Waals surface area contributed by atoms with Crippen LogP contribution < -0.4 is 16.2 Å². The van der Waals surface area contributed by atoms with Gasteiger partial charge in [-0.1, -0.05) is 0 Å². The summed E-state index contributed by atoms with van der Waals surface area (Å²) < 4.78 is 65.9. The Labute approximate surface area is 103 Å². The van der Waals surface area contributed by atoms with Gasteiger partial charge in [0.15, 0.2) is 11.6 Å². The molecule has 0 radical (unpaired) electrons. The molecule has 0 aromatic heterocycles. The van der Waals surface area contributed by atoms with Crippen LogP contribution in [-0.2, 0) is 0 Å². The maximum absolute atomic E-state index is 13.3. The minimum absolute atomic E-state index is 0.480. The Morgan fingerprint density at radius 3 is 2.37 bits per heavy atom. The van der Waals surface area contributed by atoms with Crippen molar-refractivity contribution in [1.29, 1.82) is 0 Å². The van der Waals surface area contributed by atoms with Crippen molar-refractivity contribution in [3.05, 3.63) is 29.3 Å². The van der Waals surface area contributed by atoms with Crippen LogP contribution in [0.15, 0.2) is 22.3 Å². The van der Waals surface area contributed by atoms with E-state index in [2.05, 4.69) is 14.9 Å². The topological polar surface area (TPSA) is 86.0 Å². The number of benzene rings is 1. The van der Waals surface area contributed by atoms with Crippen LogP contribution in [0, 0.1) is 11.6 Å². The number of hydrogen-bond donors (Lipinski definition) is 2. The van der Waals surface area contributed by atoms with Crippen LogP contribution >= 0.6 is 0 Å². The molecule has 0 saturated heterocycles. The minimum atomic E-state index is -5.07. The second-order valence-corrected chi connectivity index (χ2v) is 3.09. The van der Waals surface area contributed by atoms with Crippen molar-refractivity contribution >= 4 is 12.2 Å². The van der Waals surface area contributed by atoms with Gasteiger partial charge in [-0.2, -0.15) is 5.10 Å². The third-order valence-corrected chi connectivity index (χ3v) is 1.68. The summed E-state index contributed by atoms with van der Waals surface area (Å²) in [6.07, 6.45) is -4.57.